The first-order chi connectivity index (χ1) is 11.9. The number of nitrogens with zero attached hydrogens (tertiary/aromatic N) is 1. The third-order valence-corrected chi connectivity index (χ3v) is 7.04. The molecule has 0 fully saturated rings. The summed E-state index contributed by atoms with van der Waals surface area (Å²) in [6.45, 7) is 0. The lowest BCUT2D eigenvalue weighted by molar-refractivity contribution is 1.17. The summed E-state index contributed by atoms with van der Waals surface area (Å²) in [5.41, 5.74) is 2.64. The van der Waals surface area contributed by atoms with Gasteiger partial charge < -0.3 is 0 Å². The van der Waals surface area contributed by atoms with Gasteiger partial charge in [-0.1, -0.05) is 48.2 Å². The molecule has 0 bridgehead atoms. The van der Waals surface area contributed by atoms with Crippen molar-refractivity contribution >= 4 is 54.0 Å². The molecular weight excluding hydrogens is 330 g/mol. The second-order valence-corrected chi connectivity index (χ2v) is 8.12. The quantitative estimate of drug-likeness (QED) is 0.304. The van der Waals surface area contributed by atoms with Crippen molar-refractivity contribution in [3.8, 4) is 11.1 Å². The van der Waals surface area contributed by atoms with Gasteiger partial charge in [0.25, 0.3) is 0 Å². The van der Waals surface area contributed by atoms with Crippen LogP contribution in [0, 0.1) is 0 Å². The first-order valence-electron chi connectivity index (χ1n) is 7.90. The van der Waals surface area contributed by atoms with Crippen molar-refractivity contribution in [1.82, 2.24) is 4.98 Å². The number of hydrogen-bond donors (Lipinski definition) is 0. The fraction of sp³-hybridized carbons (Fsp3) is 0. The maximum Gasteiger partial charge on any atom is 0.109 e. The summed E-state index contributed by atoms with van der Waals surface area (Å²) in [5.74, 6) is 0. The van der Waals surface area contributed by atoms with Crippen molar-refractivity contribution in [1.29, 1.82) is 0 Å². The SMILES string of the molecule is c1ccc2c(c1)Sc1nccc3c1c-2cc1c2ccccc2sc31. The summed E-state index contributed by atoms with van der Waals surface area (Å²) in [6.07, 6.45) is 1.95. The summed E-state index contributed by atoms with van der Waals surface area (Å²) in [4.78, 5) is 5.96. The second kappa shape index (κ2) is 4.59. The molecule has 0 saturated heterocycles. The van der Waals surface area contributed by atoms with Crippen LogP contribution in [0.25, 0.3) is 42.1 Å². The normalized spacial score (nSPS) is 12.8. The largest absolute Gasteiger partial charge is 0.249 e. The van der Waals surface area contributed by atoms with Crippen molar-refractivity contribution in [2.75, 3.05) is 0 Å². The first kappa shape index (κ1) is 13.0. The molecule has 1 aliphatic heterocycles. The van der Waals surface area contributed by atoms with E-state index in [1.807, 2.05) is 17.5 Å². The summed E-state index contributed by atoms with van der Waals surface area (Å²) in [5, 5.41) is 6.47. The molecule has 0 radical (unpaired) electrons. The highest BCUT2D eigenvalue weighted by Crippen LogP contribution is 2.50. The lowest BCUT2D eigenvalue weighted by Gasteiger charge is -2.19. The number of thiophene rings is 1. The molecule has 1 aliphatic rings. The van der Waals surface area contributed by atoms with Crippen LogP contribution in [0.15, 0.2) is 76.8 Å². The van der Waals surface area contributed by atoms with Crippen molar-refractivity contribution in [2.45, 2.75) is 9.92 Å². The topological polar surface area (TPSA) is 12.9 Å². The third kappa shape index (κ3) is 1.58. The molecule has 0 unspecified atom stereocenters. The van der Waals surface area contributed by atoms with Gasteiger partial charge in [0.15, 0.2) is 0 Å². The van der Waals surface area contributed by atoms with E-state index in [4.69, 9.17) is 0 Å². The van der Waals surface area contributed by atoms with E-state index in [9.17, 15) is 0 Å². The Hall–Kier alpha value is -2.36. The number of fused-ring (bicyclic) bond motifs is 6. The molecule has 0 amide bonds. The van der Waals surface area contributed by atoms with Crippen molar-refractivity contribution in [3.63, 3.8) is 0 Å². The molecule has 0 spiro atoms. The van der Waals surface area contributed by atoms with Crippen LogP contribution in [-0.2, 0) is 0 Å². The van der Waals surface area contributed by atoms with Crippen LogP contribution < -0.4 is 0 Å². The zero-order chi connectivity index (χ0) is 15.7. The predicted octanol–water partition coefficient (Wildman–Crippen LogP) is 6.73. The molecule has 3 heterocycles. The van der Waals surface area contributed by atoms with E-state index in [1.54, 1.807) is 11.8 Å². The summed E-state index contributed by atoms with van der Waals surface area (Å²) < 4.78 is 2.73. The molecule has 0 saturated carbocycles. The minimum atomic E-state index is 1.13. The molecular formula is C21H11NS2. The van der Waals surface area contributed by atoms with E-state index < -0.39 is 0 Å². The Balaban J connectivity index is 1.91. The molecule has 1 nitrogen and oxygen atoms in total. The number of hydrogen-bond acceptors (Lipinski definition) is 3. The zero-order valence-corrected chi connectivity index (χ0v) is 14.2. The monoisotopic (exact) mass is 341 g/mol. The maximum atomic E-state index is 4.66. The van der Waals surface area contributed by atoms with Gasteiger partial charge in [-0.15, -0.1) is 11.3 Å². The smallest absolute Gasteiger partial charge is 0.109 e. The molecule has 6 rings (SSSR count). The highest BCUT2D eigenvalue weighted by atomic mass is 32.2. The van der Waals surface area contributed by atoms with Gasteiger partial charge in [-0.2, -0.15) is 0 Å². The Kier molecular flexibility index (Phi) is 2.49. The lowest BCUT2D eigenvalue weighted by atomic mass is 9.96. The molecule has 112 valence electrons. The van der Waals surface area contributed by atoms with E-state index >= 15 is 0 Å². The van der Waals surface area contributed by atoms with Crippen LogP contribution >= 0.6 is 23.1 Å². The molecule has 24 heavy (non-hydrogen) atoms. The van der Waals surface area contributed by atoms with Gasteiger partial charge in [0.05, 0.1) is 0 Å². The van der Waals surface area contributed by atoms with Gasteiger partial charge in [0.2, 0.25) is 0 Å². The van der Waals surface area contributed by atoms with Gasteiger partial charge in [-0.05, 0) is 35.4 Å². The van der Waals surface area contributed by atoms with Crippen LogP contribution in [0.3, 0.4) is 0 Å². The van der Waals surface area contributed by atoms with Crippen LogP contribution in [0.5, 0.6) is 0 Å². The van der Waals surface area contributed by atoms with Gasteiger partial charge >= 0.3 is 0 Å². The molecule has 0 aliphatic carbocycles. The van der Waals surface area contributed by atoms with Gasteiger partial charge in [-0.3, -0.25) is 0 Å². The molecule has 2 aromatic heterocycles. The molecule has 0 N–H and O–H groups in total. The predicted molar refractivity (Wildman–Crippen MR) is 104 cm³/mol. The minimum Gasteiger partial charge on any atom is -0.249 e. The summed E-state index contributed by atoms with van der Waals surface area (Å²) in [7, 11) is 0. The standard InChI is InChI=1S/C21H11NS2/c1-4-8-18-12(5-1)15-11-16-13-6-2-3-7-17(13)23-20(16)14-9-10-22-21(24-18)19(14)15/h1-11H. The maximum absolute atomic E-state index is 4.66. The molecule has 3 aromatic carbocycles. The average molecular weight is 341 g/mol. The Morgan fingerprint density at radius 1 is 0.750 bits per heavy atom. The van der Waals surface area contributed by atoms with Crippen LogP contribution in [-0.4, -0.2) is 4.98 Å². The van der Waals surface area contributed by atoms with E-state index in [0.717, 1.165) is 5.03 Å². The highest BCUT2D eigenvalue weighted by molar-refractivity contribution is 7.99. The third-order valence-electron chi connectivity index (χ3n) is 4.74. The Bertz CT molecular complexity index is 1280. The Morgan fingerprint density at radius 2 is 1.62 bits per heavy atom. The van der Waals surface area contributed by atoms with E-state index in [2.05, 4.69) is 65.6 Å². The summed E-state index contributed by atoms with van der Waals surface area (Å²) >= 11 is 3.67. The molecule has 0 atom stereocenters. The second-order valence-electron chi connectivity index (χ2n) is 6.04. The fourth-order valence-corrected chi connectivity index (χ4v) is 5.98. The number of aromatic nitrogens is 1. The minimum absolute atomic E-state index is 1.13. The van der Waals surface area contributed by atoms with Crippen molar-refractivity contribution in [3.05, 3.63) is 66.9 Å². The number of pyridine rings is 1. The van der Waals surface area contributed by atoms with Gasteiger partial charge in [0, 0.05) is 42.0 Å². The average Bonchev–Trinajstić information content (AvgIpc) is 3.01. The van der Waals surface area contributed by atoms with Gasteiger partial charge in [0.1, 0.15) is 5.03 Å². The number of benzene rings is 3. The zero-order valence-electron chi connectivity index (χ0n) is 12.6. The van der Waals surface area contributed by atoms with Crippen LogP contribution in [0.1, 0.15) is 0 Å². The van der Waals surface area contributed by atoms with Crippen molar-refractivity contribution in [2.24, 2.45) is 0 Å². The highest BCUT2D eigenvalue weighted by Gasteiger charge is 2.22. The first-order valence-corrected chi connectivity index (χ1v) is 9.54. The van der Waals surface area contributed by atoms with Crippen LogP contribution in [0.2, 0.25) is 0 Å². The Morgan fingerprint density at radius 3 is 2.62 bits per heavy atom. The summed E-state index contributed by atoms with van der Waals surface area (Å²) in [6, 6.07) is 21.9. The molecule has 5 aromatic rings. The van der Waals surface area contributed by atoms with Crippen molar-refractivity contribution < 1.29 is 0 Å². The van der Waals surface area contributed by atoms with E-state index in [1.165, 1.54) is 47.0 Å². The lowest BCUT2D eigenvalue weighted by Crippen LogP contribution is -1.94. The fourth-order valence-electron chi connectivity index (χ4n) is 3.69. The van der Waals surface area contributed by atoms with Gasteiger partial charge in [-0.25, -0.2) is 4.98 Å². The number of rotatable bonds is 0. The Labute approximate surface area is 147 Å². The molecule has 3 heteroatoms. The van der Waals surface area contributed by atoms with Crippen LogP contribution in [0.4, 0.5) is 0 Å². The van der Waals surface area contributed by atoms with E-state index in [0.29, 0.717) is 0 Å². The van der Waals surface area contributed by atoms with E-state index in [-0.39, 0.29) is 0 Å².